The number of likely N-dealkylation sites (tertiary alicyclic amines) is 1. The molecule has 1 saturated heterocycles. The van der Waals surface area contributed by atoms with Crippen molar-refractivity contribution in [3.05, 3.63) is 59.4 Å². The monoisotopic (exact) mass is 502 g/mol. The van der Waals surface area contributed by atoms with Gasteiger partial charge in [0.2, 0.25) is 0 Å². The van der Waals surface area contributed by atoms with Crippen molar-refractivity contribution in [2.24, 2.45) is 10.8 Å². The first kappa shape index (κ1) is 25.2. The third-order valence-corrected chi connectivity index (χ3v) is 8.41. The van der Waals surface area contributed by atoms with Gasteiger partial charge in [-0.25, -0.2) is 17.6 Å². The fraction of sp³-hybridized carbons (Fsp3) is 0.462. The first-order valence-electron chi connectivity index (χ1n) is 11.6. The molecule has 0 spiro atoms. The Bertz CT molecular complexity index is 1280. The molecule has 35 heavy (non-hydrogen) atoms. The number of aryl methyl sites for hydroxylation is 1. The molecule has 1 amide bonds. The topological polar surface area (TPSA) is 92.8 Å². The fourth-order valence-corrected chi connectivity index (χ4v) is 7.21. The van der Waals surface area contributed by atoms with Crippen molar-refractivity contribution in [3.8, 4) is 0 Å². The van der Waals surface area contributed by atoms with Crippen molar-refractivity contribution in [3.63, 3.8) is 0 Å². The number of nitrogens with one attached hydrogen (secondary N) is 1. The highest BCUT2D eigenvalue weighted by molar-refractivity contribution is 7.92. The van der Waals surface area contributed by atoms with Crippen molar-refractivity contribution in [1.29, 1.82) is 0 Å². The number of hydrogen-bond acceptors (Lipinski definition) is 5. The van der Waals surface area contributed by atoms with Crippen LogP contribution >= 0.6 is 0 Å². The van der Waals surface area contributed by atoms with Crippen LogP contribution in [0, 0.1) is 23.6 Å². The van der Waals surface area contributed by atoms with Gasteiger partial charge in [0.25, 0.3) is 15.9 Å². The first-order chi connectivity index (χ1) is 16.3. The van der Waals surface area contributed by atoms with Crippen LogP contribution < -0.4 is 4.72 Å². The van der Waals surface area contributed by atoms with Gasteiger partial charge in [0.1, 0.15) is 5.82 Å². The molecule has 9 heteroatoms. The van der Waals surface area contributed by atoms with Gasteiger partial charge in [-0.2, -0.15) is 0 Å². The molecule has 188 valence electrons. The summed E-state index contributed by atoms with van der Waals surface area (Å²) >= 11 is 0. The van der Waals surface area contributed by atoms with E-state index in [1.165, 1.54) is 25.1 Å². The Morgan fingerprint density at radius 3 is 2.57 bits per heavy atom. The minimum Gasteiger partial charge on any atom is -0.452 e. The average molecular weight is 503 g/mol. The first-order valence-corrected chi connectivity index (χ1v) is 13.1. The van der Waals surface area contributed by atoms with E-state index < -0.39 is 28.4 Å². The molecule has 0 aromatic heterocycles. The van der Waals surface area contributed by atoms with Crippen molar-refractivity contribution in [2.75, 3.05) is 17.9 Å². The maximum Gasteiger partial charge on any atom is 0.340 e. The van der Waals surface area contributed by atoms with Gasteiger partial charge in [-0.05, 0) is 72.9 Å². The van der Waals surface area contributed by atoms with E-state index in [1.54, 1.807) is 12.1 Å². The van der Waals surface area contributed by atoms with E-state index in [-0.39, 0.29) is 44.5 Å². The quantitative estimate of drug-likeness (QED) is 0.587. The number of nitrogens with zero attached hydrogens (tertiary/aromatic N) is 1. The molecule has 2 aliphatic rings. The Hall–Kier alpha value is -2.94. The zero-order valence-corrected chi connectivity index (χ0v) is 21.2. The van der Waals surface area contributed by atoms with E-state index in [9.17, 15) is 22.4 Å². The zero-order chi connectivity index (χ0) is 25.6. The van der Waals surface area contributed by atoms with Gasteiger partial charge in [0.05, 0.1) is 16.1 Å². The number of benzene rings is 2. The third-order valence-electron chi connectivity index (χ3n) is 6.88. The van der Waals surface area contributed by atoms with Crippen LogP contribution in [0.5, 0.6) is 0 Å². The molecule has 2 atom stereocenters. The number of rotatable bonds is 6. The lowest BCUT2D eigenvalue weighted by Crippen LogP contribution is -2.39. The highest BCUT2D eigenvalue weighted by atomic mass is 32.2. The smallest absolute Gasteiger partial charge is 0.340 e. The Kier molecular flexibility index (Phi) is 6.42. The largest absolute Gasteiger partial charge is 0.452 e. The minimum atomic E-state index is -4.09. The second-order valence-corrected chi connectivity index (χ2v) is 12.5. The molecule has 2 bridgehead atoms. The molecule has 1 heterocycles. The van der Waals surface area contributed by atoms with E-state index in [1.807, 2.05) is 4.90 Å². The summed E-state index contributed by atoms with van der Waals surface area (Å²) in [7, 11) is -4.09. The van der Waals surface area contributed by atoms with Gasteiger partial charge in [-0.3, -0.25) is 9.52 Å². The number of carbonyl (C=O) groups excluding carboxylic acids is 2. The summed E-state index contributed by atoms with van der Waals surface area (Å²) in [6.45, 7) is 8.35. The van der Waals surface area contributed by atoms with Crippen LogP contribution in [0.2, 0.25) is 0 Å². The van der Waals surface area contributed by atoms with Gasteiger partial charge < -0.3 is 9.64 Å². The molecule has 2 aromatic rings. The van der Waals surface area contributed by atoms with E-state index >= 15 is 0 Å². The lowest BCUT2D eigenvalue weighted by Gasteiger charge is -2.39. The molecule has 2 aromatic carbocycles. The number of halogens is 1. The summed E-state index contributed by atoms with van der Waals surface area (Å²) in [5.74, 6) is -1.60. The predicted octanol–water partition coefficient (Wildman–Crippen LogP) is 4.52. The maximum atomic E-state index is 13.4. The number of para-hydroxylation sites is 1. The van der Waals surface area contributed by atoms with Crippen LogP contribution in [-0.4, -0.2) is 44.4 Å². The average Bonchev–Trinajstić information content (AvgIpc) is 3.00. The summed E-state index contributed by atoms with van der Waals surface area (Å²) in [6.07, 6.45) is 2.90. The summed E-state index contributed by atoms with van der Waals surface area (Å²) in [5, 5.41) is 0. The highest BCUT2D eigenvalue weighted by Gasteiger charge is 2.51. The number of amides is 1. The van der Waals surface area contributed by atoms with Crippen LogP contribution in [0.3, 0.4) is 0 Å². The van der Waals surface area contributed by atoms with Gasteiger partial charge >= 0.3 is 5.97 Å². The minimum absolute atomic E-state index is 0.0139. The Morgan fingerprint density at radius 1 is 1.14 bits per heavy atom. The van der Waals surface area contributed by atoms with Gasteiger partial charge in [-0.1, -0.05) is 32.9 Å². The molecule has 2 fully saturated rings. The number of hydrogen-bond donors (Lipinski definition) is 1. The normalized spacial score (nSPS) is 23.1. The van der Waals surface area contributed by atoms with Crippen molar-refractivity contribution >= 4 is 27.6 Å². The lowest BCUT2D eigenvalue weighted by atomic mass is 9.65. The summed E-state index contributed by atoms with van der Waals surface area (Å²) in [4.78, 5) is 27.5. The van der Waals surface area contributed by atoms with Crippen molar-refractivity contribution in [2.45, 2.75) is 57.9 Å². The summed E-state index contributed by atoms with van der Waals surface area (Å²) < 4.78 is 46.9. The van der Waals surface area contributed by atoms with Crippen LogP contribution in [0.15, 0.2) is 47.4 Å². The summed E-state index contributed by atoms with van der Waals surface area (Å²) in [5.41, 5.74) is 0.449. The van der Waals surface area contributed by atoms with Crippen LogP contribution in [0.1, 0.15) is 56.0 Å². The second kappa shape index (κ2) is 8.93. The van der Waals surface area contributed by atoms with Crippen LogP contribution in [-0.2, 0) is 19.6 Å². The van der Waals surface area contributed by atoms with Crippen molar-refractivity contribution in [1.82, 2.24) is 4.90 Å². The van der Waals surface area contributed by atoms with Crippen LogP contribution in [0.4, 0.5) is 10.1 Å². The number of sulfonamides is 1. The number of esters is 1. The molecule has 0 radical (unpaired) electrons. The SMILES string of the molecule is Cc1cc(F)ccc1S(=O)(=O)Nc1ccccc1C(=O)OCC(=O)N1CC2(C)CC1CC(C)(C)C2. The second-order valence-electron chi connectivity index (χ2n) is 10.9. The van der Waals surface area contributed by atoms with E-state index in [4.69, 9.17) is 4.74 Å². The number of anilines is 1. The van der Waals surface area contributed by atoms with Gasteiger partial charge in [-0.15, -0.1) is 0 Å². The van der Waals surface area contributed by atoms with Gasteiger partial charge in [0, 0.05) is 12.6 Å². The number of fused-ring (bicyclic) bond motifs is 2. The Morgan fingerprint density at radius 2 is 1.86 bits per heavy atom. The molecule has 2 unspecified atom stereocenters. The molecular formula is C26H31FN2O5S. The lowest BCUT2D eigenvalue weighted by molar-refractivity contribution is -0.135. The third kappa shape index (κ3) is 5.34. The number of carbonyl (C=O) groups is 2. The van der Waals surface area contributed by atoms with Crippen molar-refractivity contribution < 1.29 is 27.1 Å². The van der Waals surface area contributed by atoms with Gasteiger partial charge in [0.15, 0.2) is 6.61 Å². The van der Waals surface area contributed by atoms with Crippen LogP contribution in [0.25, 0.3) is 0 Å². The number of ether oxygens (including phenoxy) is 1. The predicted molar refractivity (Wildman–Crippen MR) is 130 cm³/mol. The molecule has 7 nitrogen and oxygen atoms in total. The standard InChI is InChI=1S/C26H31FN2O5S/c1-17-11-18(27)9-10-22(17)35(32,33)28-21-8-6-5-7-20(21)24(31)34-14-23(30)29-16-26(4)13-19(29)12-25(2,3)15-26/h5-11,19,28H,12-16H2,1-4H3. The molecular weight excluding hydrogens is 471 g/mol. The Balaban J connectivity index is 1.45. The summed E-state index contributed by atoms with van der Waals surface area (Å²) in [6, 6.07) is 9.48. The fourth-order valence-electron chi connectivity index (χ4n) is 5.90. The molecule has 1 aliphatic carbocycles. The van der Waals surface area contributed by atoms with E-state index in [0.29, 0.717) is 6.54 Å². The zero-order valence-electron chi connectivity index (χ0n) is 20.4. The van der Waals surface area contributed by atoms with E-state index in [2.05, 4.69) is 25.5 Å². The highest BCUT2D eigenvalue weighted by Crippen LogP contribution is 2.52. The molecule has 1 N–H and O–H groups in total. The maximum absolute atomic E-state index is 13.4. The molecule has 4 rings (SSSR count). The molecule has 1 aliphatic heterocycles. The molecule has 1 saturated carbocycles. The Labute approximate surface area is 205 Å². The van der Waals surface area contributed by atoms with E-state index in [0.717, 1.165) is 31.4 Å².